The number of primary amides is 1. The van der Waals surface area contributed by atoms with Gasteiger partial charge in [0.25, 0.3) is 0 Å². The Morgan fingerprint density at radius 1 is 1.62 bits per heavy atom. The largest absolute Gasteiger partial charge is 0.370 e. The highest BCUT2D eigenvalue weighted by atomic mass is 35.5. The molecule has 3 N–H and O–H groups in total. The normalized spacial score (nSPS) is 10.7. The minimum atomic E-state index is -0.266. The molecule has 0 saturated heterocycles. The molecule has 0 aromatic carbocycles. The van der Waals surface area contributed by atoms with E-state index in [4.69, 9.17) is 17.3 Å². The molecule has 5 nitrogen and oxygen atoms in total. The van der Waals surface area contributed by atoms with E-state index in [9.17, 15) is 4.79 Å². The van der Waals surface area contributed by atoms with Gasteiger partial charge in [-0.1, -0.05) is 11.6 Å². The molecule has 1 rings (SSSR count). The van der Waals surface area contributed by atoms with Gasteiger partial charge in [0, 0.05) is 25.6 Å². The molecule has 0 bridgehead atoms. The number of nitrogens with zero attached hydrogens (tertiary/aromatic N) is 2. The van der Waals surface area contributed by atoms with Gasteiger partial charge in [-0.3, -0.25) is 9.48 Å². The SMILES string of the molecule is Cc1nn(C)c(Cl)c1CNCCCC(N)=O. The Balaban J connectivity index is 2.34. The fraction of sp³-hybridized carbons (Fsp3) is 0.600. The van der Waals surface area contributed by atoms with Gasteiger partial charge in [-0.05, 0) is 19.9 Å². The molecule has 16 heavy (non-hydrogen) atoms. The number of aryl methyl sites for hydroxylation is 2. The summed E-state index contributed by atoms with van der Waals surface area (Å²) in [6, 6.07) is 0. The lowest BCUT2D eigenvalue weighted by atomic mass is 10.2. The molecule has 0 aliphatic heterocycles. The van der Waals surface area contributed by atoms with Crippen LogP contribution >= 0.6 is 11.6 Å². The summed E-state index contributed by atoms with van der Waals surface area (Å²) in [5.41, 5.74) is 6.97. The molecule has 0 unspecified atom stereocenters. The first-order valence-corrected chi connectivity index (χ1v) is 5.57. The van der Waals surface area contributed by atoms with Crippen molar-refractivity contribution in [2.24, 2.45) is 12.8 Å². The number of carbonyl (C=O) groups excluding carboxylic acids is 1. The van der Waals surface area contributed by atoms with Crippen LogP contribution in [-0.4, -0.2) is 22.2 Å². The van der Waals surface area contributed by atoms with Crippen molar-refractivity contribution in [3.8, 4) is 0 Å². The Morgan fingerprint density at radius 3 is 2.81 bits per heavy atom. The van der Waals surface area contributed by atoms with Crippen molar-refractivity contribution in [3.63, 3.8) is 0 Å². The zero-order chi connectivity index (χ0) is 12.1. The molecular formula is C10H17ClN4O. The maximum atomic E-state index is 10.5. The van der Waals surface area contributed by atoms with Crippen LogP contribution in [0.4, 0.5) is 0 Å². The van der Waals surface area contributed by atoms with E-state index in [1.54, 1.807) is 4.68 Å². The molecule has 1 amide bonds. The number of nitrogens with one attached hydrogen (secondary N) is 1. The number of aromatic nitrogens is 2. The second-order valence-electron chi connectivity index (χ2n) is 3.73. The van der Waals surface area contributed by atoms with Gasteiger partial charge < -0.3 is 11.1 Å². The third kappa shape index (κ3) is 3.50. The molecule has 0 aliphatic rings. The summed E-state index contributed by atoms with van der Waals surface area (Å²) in [5.74, 6) is -0.266. The molecule has 0 aliphatic carbocycles. The van der Waals surface area contributed by atoms with Crippen molar-refractivity contribution in [3.05, 3.63) is 16.4 Å². The molecule has 0 radical (unpaired) electrons. The standard InChI is InChI=1S/C10H17ClN4O/c1-7-8(10(11)15(2)14-7)6-13-5-3-4-9(12)16/h13H,3-6H2,1-2H3,(H2,12,16). The van der Waals surface area contributed by atoms with Crippen LogP contribution in [0.25, 0.3) is 0 Å². The van der Waals surface area contributed by atoms with E-state index in [0.29, 0.717) is 18.1 Å². The van der Waals surface area contributed by atoms with E-state index in [0.717, 1.165) is 24.2 Å². The topological polar surface area (TPSA) is 72.9 Å². The first-order chi connectivity index (χ1) is 7.52. The van der Waals surface area contributed by atoms with E-state index in [2.05, 4.69) is 10.4 Å². The number of carbonyl (C=O) groups is 1. The molecule has 0 spiro atoms. The van der Waals surface area contributed by atoms with Crippen LogP contribution in [0.5, 0.6) is 0 Å². The Labute approximate surface area is 99.9 Å². The van der Waals surface area contributed by atoms with E-state index >= 15 is 0 Å². The van der Waals surface area contributed by atoms with Crippen LogP contribution in [-0.2, 0) is 18.4 Å². The van der Waals surface area contributed by atoms with Crippen LogP contribution in [0, 0.1) is 6.92 Å². The monoisotopic (exact) mass is 244 g/mol. The van der Waals surface area contributed by atoms with E-state index in [1.165, 1.54) is 0 Å². The lowest BCUT2D eigenvalue weighted by Gasteiger charge is -2.03. The number of hydrogen-bond donors (Lipinski definition) is 2. The third-order valence-corrected chi connectivity index (χ3v) is 2.82. The highest BCUT2D eigenvalue weighted by molar-refractivity contribution is 6.30. The molecular weight excluding hydrogens is 228 g/mol. The Bertz CT molecular complexity index is 375. The number of nitrogens with two attached hydrogens (primary N) is 1. The average molecular weight is 245 g/mol. The van der Waals surface area contributed by atoms with Crippen molar-refractivity contribution in [1.29, 1.82) is 0 Å². The first kappa shape index (κ1) is 13.0. The second kappa shape index (κ2) is 5.86. The molecule has 90 valence electrons. The number of rotatable bonds is 6. The van der Waals surface area contributed by atoms with E-state index < -0.39 is 0 Å². The maximum absolute atomic E-state index is 10.5. The van der Waals surface area contributed by atoms with Crippen LogP contribution in [0.1, 0.15) is 24.1 Å². The van der Waals surface area contributed by atoms with Crippen molar-refractivity contribution in [2.45, 2.75) is 26.3 Å². The summed E-state index contributed by atoms with van der Waals surface area (Å²) in [5, 5.41) is 8.07. The highest BCUT2D eigenvalue weighted by Gasteiger charge is 2.09. The molecule has 1 aromatic rings. The van der Waals surface area contributed by atoms with Gasteiger partial charge in [-0.15, -0.1) is 0 Å². The van der Waals surface area contributed by atoms with Gasteiger partial charge in [0.2, 0.25) is 5.91 Å². The number of halogens is 1. The Morgan fingerprint density at radius 2 is 2.31 bits per heavy atom. The molecule has 6 heteroatoms. The predicted molar refractivity (Wildman–Crippen MR) is 63.1 cm³/mol. The van der Waals surface area contributed by atoms with Crippen LogP contribution in [0.15, 0.2) is 0 Å². The minimum Gasteiger partial charge on any atom is -0.370 e. The van der Waals surface area contributed by atoms with Crippen LogP contribution < -0.4 is 11.1 Å². The smallest absolute Gasteiger partial charge is 0.217 e. The highest BCUT2D eigenvalue weighted by Crippen LogP contribution is 2.17. The van der Waals surface area contributed by atoms with Crippen molar-refractivity contribution in [1.82, 2.24) is 15.1 Å². The summed E-state index contributed by atoms with van der Waals surface area (Å²) in [6.07, 6.45) is 1.15. The van der Waals surface area contributed by atoms with Crippen LogP contribution in [0.3, 0.4) is 0 Å². The van der Waals surface area contributed by atoms with Crippen molar-refractivity contribution < 1.29 is 4.79 Å². The van der Waals surface area contributed by atoms with E-state index in [-0.39, 0.29) is 5.91 Å². The quantitative estimate of drug-likeness (QED) is 0.725. The van der Waals surface area contributed by atoms with Gasteiger partial charge in [0.1, 0.15) is 5.15 Å². The van der Waals surface area contributed by atoms with Gasteiger partial charge in [0.15, 0.2) is 0 Å². The minimum absolute atomic E-state index is 0.266. The Kier molecular flexibility index (Phi) is 4.76. The summed E-state index contributed by atoms with van der Waals surface area (Å²) >= 11 is 6.06. The lowest BCUT2D eigenvalue weighted by molar-refractivity contribution is -0.118. The molecule has 1 heterocycles. The van der Waals surface area contributed by atoms with Gasteiger partial charge >= 0.3 is 0 Å². The lowest BCUT2D eigenvalue weighted by Crippen LogP contribution is -2.18. The zero-order valence-electron chi connectivity index (χ0n) is 9.59. The predicted octanol–water partition coefficient (Wildman–Crippen LogP) is 0.737. The van der Waals surface area contributed by atoms with E-state index in [1.807, 2.05) is 14.0 Å². The van der Waals surface area contributed by atoms with Gasteiger partial charge in [0.05, 0.1) is 5.69 Å². The van der Waals surface area contributed by atoms with Gasteiger partial charge in [-0.2, -0.15) is 5.10 Å². The molecule has 1 aromatic heterocycles. The van der Waals surface area contributed by atoms with Crippen molar-refractivity contribution in [2.75, 3.05) is 6.54 Å². The van der Waals surface area contributed by atoms with Crippen molar-refractivity contribution >= 4 is 17.5 Å². The summed E-state index contributed by atoms with van der Waals surface area (Å²) in [4.78, 5) is 10.5. The fourth-order valence-electron chi connectivity index (χ4n) is 1.48. The molecule has 0 saturated carbocycles. The molecule has 0 fully saturated rings. The summed E-state index contributed by atoms with van der Waals surface area (Å²) in [6.45, 7) is 3.33. The second-order valence-corrected chi connectivity index (χ2v) is 4.08. The number of hydrogen-bond acceptors (Lipinski definition) is 3. The third-order valence-electron chi connectivity index (χ3n) is 2.35. The summed E-state index contributed by atoms with van der Waals surface area (Å²) < 4.78 is 1.65. The fourth-order valence-corrected chi connectivity index (χ4v) is 1.72. The first-order valence-electron chi connectivity index (χ1n) is 5.19. The average Bonchev–Trinajstić information content (AvgIpc) is 2.43. The molecule has 0 atom stereocenters. The van der Waals surface area contributed by atoms with Crippen LogP contribution in [0.2, 0.25) is 5.15 Å². The maximum Gasteiger partial charge on any atom is 0.217 e. The summed E-state index contributed by atoms with van der Waals surface area (Å²) in [7, 11) is 1.81. The zero-order valence-corrected chi connectivity index (χ0v) is 10.3. The van der Waals surface area contributed by atoms with Gasteiger partial charge in [-0.25, -0.2) is 0 Å². The Hall–Kier alpha value is -1.07. The number of amides is 1.